The SMILES string of the molecule is CN1CCCCC1CN(C(=O)O)c1nc2ccc(C3(O)c4ccccc4C(=O)N3c3cccc(Cl)c3F)cc2[nH]1. The first-order chi connectivity index (χ1) is 19.2. The molecule has 0 radical (unpaired) electrons. The minimum Gasteiger partial charge on any atom is -0.465 e. The first-order valence-electron chi connectivity index (χ1n) is 13.0. The Morgan fingerprint density at radius 3 is 2.77 bits per heavy atom. The number of aliphatic hydroxyl groups is 1. The summed E-state index contributed by atoms with van der Waals surface area (Å²) in [6.45, 7) is 1.16. The molecule has 40 heavy (non-hydrogen) atoms. The Balaban J connectivity index is 1.44. The summed E-state index contributed by atoms with van der Waals surface area (Å²) in [7, 11) is 1.99. The van der Waals surface area contributed by atoms with Gasteiger partial charge in [-0.1, -0.05) is 48.4 Å². The van der Waals surface area contributed by atoms with Gasteiger partial charge in [-0.3, -0.25) is 9.69 Å². The van der Waals surface area contributed by atoms with Gasteiger partial charge in [-0.15, -0.1) is 0 Å². The third-order valence-corrected chi connectivity index (χ3v) is 8.20. The lowest BCUT2D eigenvalue weighted by atomic mass is 9.93. The number of amides is 2. The van der Waals surface area contributed by atoms with Gasteiger partial charge in [-0.05, 0) is 56.8 Å². The molecule has 2 atom stereocenters. The van der Waals surface area contributed by atoms with Gasteiger partial charge in [0, 0.05) is 29.3 Å². The number of likely N-dealkylation sites (tertiary alicyclic amines) is 1. The number of halogens is 2. The molecule has 2 amide bonds. The molecule has 3 aromatic carbocycles. The van der Waals surface area contributed by atoms with Crippen molar-refractivity contribution in [1.82, 2.24) is 14.9 Å². The van der Waals surface area contributed by atoms with Gasteiger partial charge in [-0.2, -0.15) is 0 Å². The zero-order valence-corrected chi connectivity index (χ0v) is 22.4. The van der Waals surface area contributed by atoms with Crippen molar-refractivity contribution in [2.24, 2.45) is 0 Å². The summed E-state index contributed by atoms with van der Waals surface area (Å²) in [6.07, 6.45) is 1.88. The van der Waals surface area contributed by atoms with Gasteiger partial charge in [0.1, 0.15) is 0 Å². The number of aromatic nitrogens is 2. The topological polar surface area (TPSA) is 113 Å². The van der Waals surface area contributed by atoms with Crippen LogP contribution in [0.15, 0.2) is 60.7 Å². The van der Waals surface area contributed by atoms with E-state index in [1.807, 2.05) is 7.05 Å². The van der Waals surface area contributed by atoms with E-state index in [-0.39, 0.29) is 45.9 Å². The molecule has 2 aliphatic rings. The maximum absolute atomic E-state index is 15.2. The normalized spacial score (nSPS) is 21.1. The number of hydrogen-bond donors (Lipinski definition) is 3. The maximum atomic E-state index is 15.2. The molecule has 2 aliphatic heterocycles. The fraction of sp³-hybridized carbons (Fsp3) is 0.276. The summed E-state index contributed by atoms with van der Waals surface area (Å²) in [5.74, 6) is -1.26. The first kappa shape index (κ1) is 26.2. The molecule has 11 heteroatoms. The van der Waals surface area contributed by atoms with E-state index in [9.17, 15) is 19.8 Å². The van der Waals surface area contributed by atoms with Crippen LogP contribution in [0.1, 0.15) is 40.7 Å². The Morgan fingerprint density at radius 2 is 2.00 bits per heavy atom. The van der Waals surface area contributed by atoms with E-state index in [0.717, 1.165) is 30.7 Å². The number of benzene rings is 3. The van der Waals surface area contributed by atoms with Gasteiger partial charge < -0.3 is 20.1 Å². The highest BCUT2D eigenvalue weighted by molar-refractivity contribution is 6.31. The molecule has 3 N–H and O–H groups in total. The summed E-state index contributed by atoms with van der Waals surface area (Å²) >= 11 is 6.04. The van der Waals surface area contributed by atoms with Crippen molar-refractivity contribution in [2.45, 2.75) is 31.0 Å². The zero-order valence-electron chi connectivity index (χ0n) is 21.6. The van der Waals surface area contributed by atoms with E-state index in [1.165, 1.54) is 23.1 Å². The number of nitrogens with one attached hydrogen (secondary N) is 1. The monoisotopic (exact) mass is 563 g/mol. The highest BCUT2D eigenvalue weighted by Crippen LogP contribution is 2.46. The second-order valence-corrected chi connectivity index (χ2v) is 10.7. The fourth-order valence-corrected chi connectivity index (χ4v) is 5.95. The zero-order chi connectivity index (χ0) is 28.2. The molecule has 1 saturated heterocycles. The second kappa shape index (κ2) is 9.88. The number of likely N-dealkylation sites (N-methyl/N-ethyl adjacent to an activating group) is 1. The summed E-state index contributed by atoms with van der Waals surface area (Å²) in [5.41, 5.74) is -0.543. The summed E-state index contributed by atoms with van der Waals surface area (Å²) in [4.78, 5) is 37.7. The summed E-state index contributed by atoms with van der Waals surface area (Å²) < 4.78 is 15.2. The Kier molecular flexibility index (Phi) is 6.48. The van der Waals surface area contributed by atoms with Crippen LogP contribution in [0.3, 0.4) is 0 Å². The minimum atomic E-state index is -2.07. The maximum Gasteiger partial charge on any atom is 0.414 e. The quantitative estimate of drug-likeness (QED) is 0.308. The highest BCUT2D eigenvalue weighted by atomic mass is 35.5. The van der Waals surface area contributed by atoms with Crippen molar-refractivity contribution in [3.63, 3.8) is 0 Å². The van der Waals surface area contributed by atoms with Crippen LogP contribution in [-0.4, -0.2) is 63.3 Å². The number of imidazole rings is 1. The number of carboxylic acid groups (broad SMARTS) is 1. The van der Waals surface area contributed by atoms with Gasteiger partial charge in [-0.25, -0.2) is 19.1 Å². The lowest BCUT2D eigenvalue weighted by molar-refractivity contribution is 0.0699. The Morgan fingerprint density at radius 1 is 1.20 bits per heavy atom. The van der Waals surface area contributed by atoms with Gasteiger partial charge in [0.25, 0.3) is 5.91 Å². The molecule has 0 saturated carbocycles. The number of aromatic amines is 1. The van der Waals surface area contributed by atoms with Crippen LogP contribution in [0.2, 0.25) is 5.02 Å². The Bertz CT molecular complexity index is 1640. The predicted molar refractivity (Wildman–Crippen MR) is 149 cm³/mol. The molecule has 1 fully saturated rings. The van der Waals surface area contributed by atoms with Crippen LogP contribution in [0.25, 0.3) is 11.0 Å². The summed E-state index contributed by atoms with van der Waals surface area (Å²) in [5, 5.41) is 22.1. The van der Waals surface area contributed by atoms with Crippen LogP contribution < -0.4 is 9.80 Å². The van der Waals surface area contributed by atoms with Crippen molar-refractivity contribution >= 4 is 46.3 Å². The first-order valence-corrected chi connectivity index (χ1v) is 13.4. The standard InChI is InChI=1S/C29H27ClFN5O4/c1-34-14-5-4-7-18(34)16-35(28(38)39)27-32-22-13-12-17(15-23(22)33-27)29(40)20-9-3-2-8-19(20)26(37)36(29)24-11-6-10-21(30)25(24)31/h2-3,6,8-13,15,18,40H,4-5,7,14,16H2,1H3,(H,32,33)(H,38,39). The van der Waals surface area contributed by atoms with Crippen LogP contribution >= 0.6 is 11.6 Å². The second-order valence-electron chi connectivity index (χ2n) is 10.2. The number of rotatable bonds is 5. The minimum absolute atomic E-state index is 0.0662. The number of anilines is 2. The van der Waals surface area contributed by atoms with Crippen LogP contribution in [0.4, 0.5) is 20.8 Å². The number of H-pyrrole nitrogens is 1. The lowest BCUT2D eigenvalue weighted by Crippen LogP contribution is -2.46. The van der Waals surface area contributed by atoms with Gasteiger partial charge in [0.2, 0.25) is 5.95 Å². The number of fused-ring (bicyclic) bond motifs is 2. The molecular weight excluding hydrogens is 537 g/mol. The lowest BCUT2D eigenvalue weighted by Gasteiger charge is -2.35. The van der Waals surface area contributed by atoms with E-state index >= 15 is 4.39 Å². The molecule has 0 spiro atoms. The van der Waals surface area contributed by atoms with Crippen LogP contribution in [0.5, 0.6) is 0 Å². The van der Waals surface area contributed by atoms with Crippen LogP contribution in [0, 0.1) is 5.82 Å². The van der Waals surface area contributed by atoms with E-state index in [1.54, 1.807) is 42.5 Å². The fourth-order valence-electron chi connectivity index (χ4n) is 5.78. The Hall–Kier alpha value is -3.99. The average molecular weight is 564 g/mol. The molecule has 0 aliphatic carbocycles. The molecule has 9 nitrogen and oxygen atoms in total. The molecule has 0 bridgehead atoms. The van der Waals surface area contributed by atoms with Crippen molar-refractivity contribution in [1.29, 1.82) is 0 Å². The van der Waals surface area contributed by atoms with Gasteiger partial charge >= 0.3 is 6.09 Å². The number of hydrogen-bond acceptors (Lipinski definition) is 5. The van der Waals surface area contributed by atoms with Gasteiger partial charge in [0.15, 0.2) is 11.5 Å². The molecule has 4 aromatic rings. The molecule has 3 heterocycles. The van der Waals surface area contributed by atoms with E-state index < -0.39 is 23.5 Å². The highest BCUT2D eigenvalue weighted by Gasteiger charge is 2.51. The smallest absolute Gasteiger partial charge is 0.414 e. The number of nitrogens with zero attached hydrogens (tertiary/aromatic N) is 4. The predicted octanol–water partition coefficient (Wildman–Crippen LogP) is 5.18. The number of carbonyl (C=O) groups is 2. The molecule has 2 unspecified atom stereocenters. The van der Waals surface area contributed by atoms with Crippen molar-refractivity contribution < 1.29 is 24.2 Å². The largest absolute Gasteiger partial charge is 0.465 e. The number of piperidine rings is 1. The van der Waals surface area contributed by atoms with Gasteiger partial charge in [0.05, 0.1) is 21.7 Å². The molecule has 1 aromatic heterocycles. The third-order valence-electron chi connectivity index (χ3n) is 7.91. The Labute approximate surface area is 234 Å². The summed E-state index contributed by atoms with van der Waals surface area (Å²) in [6, 6.07) is 15.7. The van der Waals surface area contributed by atoms with Crippen LogP contribution in [-0.2, 0) is 5.72 Å². The molecule has 206 valence electrons. The average Bonchev–Trinajstić information content (AvgIpc) is 3.46. The van der Waals surface area contributed by atoms with E-state index in [4.69, 9.17) is 11.6 Å². The molecular formula is C29H27ClFN5O4. The third kappa shape index (κ3) is 4.11. The van der Waals surface area contributed by atoms with E-state index in [2.05, 4.69) is 14.9 Å². The van der Waals surface area contributed by atoms with Crippen molar-refractivity contribution in [2.75, 3.05) is 29.9 Å². The van der Waals surface area contributed by atoms with Crippen molar-refractivity contribution in [3.05, 3.63) is 88.2 Å². The molecule has 6 rings (SSSR count). The van der Waals surface area contributed by atoms with Crippen molar-refractivity contribution in [3.8, 4) is 0 Å². The number of carbonyl (C=O) groups excluding carboxylic acids is 1. The van der Waals surface area contributed by atoms with E-state index in [0.29, 0.717) is 11.0 Å².